The van der Waals surface area contributed by atoms with Crippen LogP contribution in [0.4, 0.5) is 18.9 Å². The van der Waals surface area contributed by atoms with Crippen LogP contribution in [0.3, 0.4) is 0 Å². The number of aryl methyl sites for hydroxylation is 1. The van der Waals surface area contributed by atoms with Gasteiger partial charge >= 0.3 is 6.18 Å². The fraction of sp³-hybridized carbons (Fsp3) is 0.214. The second-order valence-corrected chi connectivity index (χ2v) is 4.96. The van der Waals surface area contributed by atoms with E-state index in [0.717, 1.165) is 4.57 Å². The molecule has 0 bridgehead atoms. The van der Waals surface area contributed by atoms with Crippen LogP contribution >= 0.6 is 0 Å². The summed E-state index contributed by atoms with van der Waals surface area (Å²) in [5.41, 5.74) is 0.852. The van der Waals surface area contributed by atoms with E-state index in [1.807, 2.05) is 0 Å². The number of alkyl halides is 3. The van der Waals surface area contributed by atoms with Gasteiger partial charge in [-0.15, -0.1) is 0 Å². The van der Waals surface area contributed by atoms with Gasteiger partial charge in [0.15, 0.2) is 0 Å². The predicted octanol–water partition coefficient (Wildman–Crippen LogP) is 2.43. The van der Waals surface area contributed by atoms with E-state index in [1.54, 1.807) is 25.4 Å². The summed E-state index contributed by atoms with van der Waals surface area (Å²) in [6, 6.07) is 6.16. The third-order valence-corrected chi connectivity index (χ3v) is 3.20. The molecule has 1 N–H and O–H groups in total. The Kier molecular flexibility index (Phi) is 3.55. The molecule has 0 saturated heterocycles. The summed E-state index contributed by atoms with van der Waals surface area (Å²) in [6.45, 7) is -0.496. The number of rotatable bonds is 3. The molecular formula is C14H12F3N5O. The fourth-order valence-electron chi connectivity index (χ4n) is 2.28. The number of amides is 1. The Morgan fingerprint density at radius 1 is 1.30 bits per heavy atom. The minimum Gasteiger partial charge on any atom is -0.322 e. The van der Waals surface area contributed by atoms with Crippen LogP contribution in [-0.4, -0.2) is 25.2 Å². The van der Waals surface area contributed by atoms with E-state index >= 15 is 0 Å². The van der Waals surface area contributed by atoms with E-state index in [4.69, 9.17) is 0 Å². The molecule has 9 heteroatoms. The van der Waals surface area contributed by atoms with Gasteiger partial charge in [-0.25, -0.2) is 4.98 Å². The number of hydrogen-bond donors (Lipinski definition) is 1. The van der Waals surface area contributed by atoms with Crippen molar-refractivity contribution in [2.24, 2.45) is 7.05 Å². The molecule has 0 saturated carbocycles. The molecule has 2 heterocycles. The van der Waals surface area contributed by atoms with E-state index in [9.17, 15) is 18.0 Å². The molecule has 0 aliphatic carbocycles. The van der Waals surface area contributed by atoms with Crippen LogP contribution in [0.25, 0.3) is 11.0 Å². The highest BCUT2D eigenvalue weighted by Crippen LogP contribution is 2.31. The summed E-state index contributed by atoms with van der Waals surface area (Å²) in [4.78, 5) is 15.6. The molecule has 0 radical (unpaired) electrons. The number of benzene rings is 1. The molecule has 3 aromatic rings. The maximum absolute atomic E-state index is 13.1. The molecule has 6 nitrogen and oxygen atoms in total. The van der Waals surface area contributed by atoms with Crippen molar-refractivity contribution in [1.29, 1.82) is 0 Å². The lowest BCUT2D eigenvalue weighted by Crippen LogP contribution is -2.23. The first-order valence-electron chi connectivity index (χ1n) is 6.65. The second kappa shape index (κ2) is 5.41. The summed E-state index contributed by atoms with van der Waals surface area (Å²) >= 11 is 0. The second-order valence-electron chi connectivity index (χ2n) is 4.96. The number of carbonyl (C=O) groups is 1. The average Bonchev–Trinajstić information content (AvgIpc) is 3.03. The largest absolute Gasteiger partial charge is 0.449 e. The first-order valence-corrected chi connectivity index (χ1v) is 6.65. The van der Waals surface area contributed by atoms with E-state index in [2.05, 4.69) is 15.4 Å². The summed E-state index contributed by atoms with van der Waals surface area (Å²) in [7, 11) is 1.67. The van der Waals surface area contributed by atoms with Crippen LogP contribution in [0.15, 0.2) is 36.7 Å². The van der Waals surface area contributed by atoms with Gasteiger partial charge in [0.2, 0.25) is 11.7 Å². The van der Waals surface area contributed by atoms with Gasteiger partial charge in [-0.3, -0.25) is 9.48 Å². The Morgan fingerprint density at radius 2 is 2.04 bits per heavy atom. The first kappa shape index (κ1) is 15.1. The number of nitrogens with one attached hydrogen (secondary N) is 1. The summed E-state index contributed by atoms with van der Waals surface area (Å²) in [5.74, 6) is -1.69. The summed E-state index contributed by atoms with van der Waals surface area (Å²) in [6.07, 6.45) is -1.68. The SMILES string of the molecule is Cn1cc(NC(=O)Cn2c(C(F)(F)F)nc3ccccc32)cn1. The Hall–Kier alpha value is -2.84. The zero-order chi connectivity index (χ0) is 16.6. The number of aromatic nitrogens is 4. The minimum atomic E-state index is -4.65. The number of imidazole rings is 1. The van der Waals surface area contributed by atoms with E-state index < -0.39 is 24.5 Å². The number of halogens is 3. The summed E-state index contributed by atoms with van der Waals surface area (Å²) in [5, 5.41) is 6.38. The Balaban J connectivity index is 1.93. The highest BCUT2D eigenvalue weighted by molar-refractivity contribution is 5.91. The van der Waals surface area contributed by atoms with Crippen molar-refractivity contribution in [1.82, 2.24) is 19.3 Å². The molecule has 3 rings (SSSR count). The average molecular weight is 323 g/mol. The molecule has 1 aromatic carbocycles. The zero-order valence-electron chi connectivity index (χ0n) is 12.0. The van der Waals surface area contributed by atoms with Gasteiger partial charge in [0.05, 0.1) is 22.9 Å². The van der Waals surface area contributed by atoms with Gasteiger partial charge in [0.25, 0.3) is 0 Å². The number of nitrogens with zero attached hydrogens (tertiary/aromatic N) is 4. The normalized spacial score (nSPS) is 11.8. The highest BCUT2D eigenvalue weighted by atomic mass is 19.4. The Bertz CT molecular complexity index is 865. The quantitative estimate of drug-likeness (QED) is 0.805. The third-order valence-electron chi connectivity index (χ3n) is 3.20. The van der Waals surface area contributed by atoms with Gasteiger partial charge in [0, 0.05) is 13.2 Å². The maximum Gasteiger partial charge on any atom is 0.449 e. The van der Waals surface area contributed by atoms with Crippen LogP contribution in [0.2, 0.25) is 0 Å². The predicted molar refractivity (Wildman–Crippen MR) is 76.6 cm³/mol. The van der Waals surface area contributed by atoms with Crippen molar-refractivity contribution in [3.8, 4) is 0 Å². The minimum absolute atomic E-state index is 0.189. The van der Waals surface area contributed by atoms with E-state index in [-0.39, 0.29) is 11.0 Å². The van der Waals surface area contributed by atoms with Gasteiger partial charge in [-0.1, -0.05) is 12.1 Å². The van der Waals surface area contributed by atoms with Crippen LogP contribution < -0.4 is 5.32 Å². The van der Waals surface area contributed by atoms with Gasteiger partial charge in [-0.2, -0.15) is 18.3 Å². The van der Waals surface area contributed by atoms with Crippen LogP contribution in [-0.2, 0) is 24.6 Å². The van der Waals surface area contributed by atoms with Gasteiger partial charge < -0.3 is 9.88 Å². The molecule has 0 aliphatic heterocycles. The Labute approximate surface area is 128 Å². The number of para-hydroxylation sites is 2. The smallest absolute Gasteiger partial charge is 0.322 e. The zero-order valence-corrected chi connectivity index (χ0v) is 12.0. The third kappa shape index (κ3) is 3.03. The number of hydrogen-bond acceptors (Lipinski definition) is 3. The van der Waals surface area contributed by atoms with Crippen LogP contribution in [0.5, 0.6) is 0 Å². The number of anilines is 1. The topological polar surface area (TPSA) is 64.7 Å². The molecule has 120 valence electrons. The van der Waals surface area contributed by atoms with Crippen LogP contribution in [0.1, 0.15) is 5.82 Å². The van der Waals surface area contributed by atoms with Crippen molar-refractivity contribution in [3.63, 3.8) is 0 Å². The molecule has 0 atom stereocenters. The van der Waals surface area contributed by atoms with E-state index in [1.165, 1.54) is 23.0 Å². The molecule has 23 heavy (non-hydrogen) atoms. The van der Waals surface area contributed by atoms with Crippen molar-refractivity contribution in [2.45, 2.75) is 12.7 Å². The molecule has 0 spiro atoms. The standard InChI is InChI=1S/C14H12F3N5O/c1-21-7-9(6-18-21)19-12(23)8-22-11-5-3-2-4-10(11)20-13(22)14(15,16)17/h2-7H,8H2,1H3,(H,19,23). The highest BCUT2D eigenvalue weighted by Gasteiger charge is 2.37. The van der Waals surface area contributed by atoms with Crippen molar-refractivity contribution in [2.75, 3.05) is 5.32 Å². The van der Waals surface area contributed by atoms with Gasteiger partial charge in [-0.05, 0) is 12.1 Å². The van der Waals surface area contributed by atoms with Gasteiger partial charge in [0.1, 0.15) is 6.54 Å². The molecule has 2 aromatic heterocycles. The lowest BCUT2D eigenvalue weighted by atomic mass is 10.3. The van der Waals surface area contributed by atoms with Crippen molar-refractivity contribution >= 4 is 22.6 Å². The lowest BCUT2D eigenvalue weighted by molar-refractivity contribution is -0.147. The lowest BCUT2D eigenvalue weighted by Gasteiger charge is -2.11. The fourth-order valence-corrected chi connectivity index (χ4v) is 2.28. The van der Waals surface area contributed by atoms with Crippen molar-refractivity contribution < 1.29 is 18.0 Å². The molecular weight excluding hydrogens is 311 g/mol. The van der Waals surface area contributed by atoms with Crippen LogP contribution in [0, 0.1) is 0 Å². The molecule has 0 unspecified atom stereocenters. The molecule has 0 fully saturated rings. The Morgan fingerprint density at radius 3 is 2.70 bits per heavy atom. The summed E-state index contributed by atoms with van der Waals surface area (Å²) < 4.78 is 41.8. The number of fused-ring (bicyclic) bond motifs is 1. The monoisotopic (exact) mass is 323 g/mol. The van der Waals surface area contributed by atoms with Crippen molar-refractivity contribution in [3.05, 3.63) is 42.5 Å². The first-order chi connectivity index (χ1) is 10.8. The number of carbonyl (C=O) groups excluding carboxylic acids is 1. The maximum atomic E-state index is 13.1. The molecule has 0 aliphatic rings. The van der Waals surface area contributed by atoms with E-state index in [0.29, 0.717) is 5.69 Å². The molecule has 1 amide bonds.